The predicted octanol–water partition coefficient (Wildman–Crippen LogP) is 2.41. The molecule has 2 aromatic rings. The molecule has 0 aliphatic carbocycles. The van der Waals surface area contributed by atoms with Crippen LogP contribution >= 0.6 is 0 Å². The Morgan fingerprint density at radius 3 is 2.61 bits per heavy atom. The minimum absolute atomic E-state index is 0.210. The summed E-state index contributed by atoms with van der Waals surface area (Å²) in [7, 11) is 3.06. The van der Waals surface area contributed by atoms with Crippen LogP contribution in [0, 0.1) is 23.0 Å². The zero-order valence-electron chi connectivity index (χ0n) is 20.0. The first kappa shape index (κ1) is 25.5. The van der Waals surface area contributed by atoms with Crippen molar-refractivity contribution in [1.29, 1.82) is 5.26 Å². The number of rotatable bonds is 8. The summed E-state index contributed by atoms with van der Waals surface area (Å²) < 4.78 is 38.1. The lowest BCUT2D eigenvalue weighted by Crippen LogP contribution is -2.48. The SMILES string of the molecule is COCCN1C[C@@H](NC(=O)NC2=C(C#N)C(OC)NN2c2ccccc2)[C@H](c2ccc(F)c(F)c2)C1. The molecule has 2 aromatic carbocycles. The number of nitriles is 1. The molecule has 0 radical (unpaired) electrons. The van der Waals surface area contributed by atoms with Crippen LogP contribution in [0.5, 0.6) is 0 Å². The van der Waals surface area contributed by atoms with Crippen molar-refractivity contribution in [3.8, 4) is 6.07 Å². The predicted molar refractivity (Wildman–Crippen MR) is 128 cm³/mol. The number of methoxy groups -OCH3 is 2. The molecule has 3 atom stereocenters. The summed E-state index contributed by atoms with van der Waals surface area (Å²) in [5, 5.41) is 17.1. The molecule has 9 nitrogen and oxygen atoms in total. The second kappa shape index (κ2) is 11.5. The van der Waals surface area contributed by atoms with E-state index in [9.17, 15) is 18.8 Å². The molecule has 1 saturated heterocycles. The molecule has 0 saturated carbocycles. The first-order valence-electron chi connectivity index (χ1n) is 11.5. The Morgan fingerprint density at radius 1 is 1.17 bits per heavy atom. The number of amides is 2. The normalized spacial score (nSPS) is 22.1. The molecular formula is C25H28F2N6O3. The average molecular weight is 499 g/mol. The van der Waals surface area contributed by atoms with E-state index < -0.39 is 29.9 Å². The molecule has 4 rings (SSSR count). The Morgan fingerprint density at radius 2 is 1.94 bits per heavy atom. The van der Waals surface area contributed by atoms with Crippen LogP contribution in [0.25, 0.3) is 0 Å². The van der Waals surface area contributed by atoms with Crippen LogP contribution in [-0.2, 0) is 9.47 Å². The van der Waals surface area contributed by atoms with Gasteiger partial charge in [-0.25, -0.2) is 13.6 Å². The quantitative estimate of drug-likeness (QED) is 0.514. The molecule has 2 amide bonds. The number of ether oxygens (including phenoxy) is 2. The van der Waals surface area contributed by atoms with Crippen molar-refractivity contribution in [3.05, 3.63) is 77.1 Å². The smallest absolute Gasteiger partial charge is 0.320 e. The van der Waals surface area contributed by atoms with Gasteiger partial charge in [-0.15, -0.1) is 0 Å². The molecule has 0 bridgehead atoms. The van der Waals surface area contributed by atoms with E-state index in [1.165, 1.54) is 19.2 Å². The Kier molecular flexibility index (Phi) is 8.12. The molecule has 0 spiro atoms. The first-order chi connectivity index (χ1) is 17.4. The number of carbonyl (C=O) groups excluding carboxylic acids is 1. The summed E-state index contributed by atoms with van der Waals surface area (Å²) in [4.78, 5) is 15.3. The molecule has 2 aliphatic rings. The van der Waals surface area contributed by atoms with Crippen molar-refractivity contribution in [3.63, 3.8) is 0 Å². The number of halogens is 2. The molecule has 3 N–H and O–H groups in total. The second-order valence-electron chi connectivity index (χ2n) is 8.53. The van der Waals surface area contributed by atoms with Crippen LogP contribution in [0.1, 0.15) is 11.5 Å². The van der Waals surface area contributed by atoms with Crippen molar-refractivity contribution in [2.45, 2.75) is 18.2 Å². The van der Waals surface area contributed by atoms with Crippen LogP contribution in [-0.4, -0.2) is 63.7 Å². The second-order valence-corrected chi connectivity index (χ2v) is 8.53. The highest BCUT2D eigenvalue weighted by molar-refractivity contribution is 5.78. The number of benzene rings is 2. The van der Waals surface area contributed by atoms with E-state index in [0.29, 0.717) is 37.5 Å². The van der Waals surface area contributed by atoms with Gasteiger partial charge in [-0.3, -0.25) is 15.2 Å². The minimum atomic E-state index is -0.934. The number of urea groups is 1. The largest absolute Gasteiger partial charge is 0.383 e. The van der Waals surface area contributed by atoms with Crippen molar-refractivity contribution in [2.24, 2.45) is 0 Å². The van der Waals surface area contributed by atoms with E-state index in [4.69, 9.17) is 9.47 Å². The van der Waals surface area contributed by atoms with Crippen LogP contribution in [0.15, 0.2) is 59.9 Å². The molecule has 11 heteroatoms. The summed E-state index contributed by atoms with van der Waals surface area (Å²) >= 11 is 0. The van der Waals surface area contributed by atoms with E-state index in [0.717, 1.165) is 6.07 Å². The highest BCUT2D eigenvalue weighted by atomic mass is 19.2. The zero-order chi connectivity index (χ0) is 25.7. The Hall–Kier alpha value is -3.56. The Bertz CT molecular complexity index is 1160. The first-order valence-corrected chi connectivity index (χ1v) is 11.5. The Labute approximate surface area is 208 Å². The van der Waals surface area contributed by atoms with Gasteiger partial charge in [-0.1, -0.05) is 24.3 Å². The summed E-state index contributed by atoms with van der Waals surface area (Å²) in [6.07, 6.45) is -0.739. The number of hydrogen-bond acceptors (Lipinski definition) is 7. The summed E-state index contributed by atoms with van der Waals surface area (Å²) in [5.41, 5.74) is 4.55. The van der Waals surface area contributed by atoms with Crippen molar-refractivity contribution in [1.82, 2.24) is 21.0 Å². The zero-order valence-corrected chi connectivity index (χ0v) is 20.0. The standard InChI is InChI=1S/C25H28F2N6O3/c1-35-11-10-32-14-19(16-8-9-20(26)21(27)12-16)22(15-32)29-25(34)30-23-18(13-28)24(36-2)31-33(23)17-6-4-3-5-7-17/h3-9,12,19,22,24,31H,10-11,14-15H2,1-2H3,(H2,29,30,34)/t19-,22+,24?/m0/s1. The van der Waals surface area contributed by atoms with Gasteiger partial charge < -0.3 is 14.8 Å². The fraction of sp³-hybridized carbons (Fsp3) is 0.360. The number of para-hydroxylation sites is 1. The van der Waals surface area contributed by atoms with Crippen LogP contribution in [0.4, 0.5) is 19.3 Å². The number of carbonyl (C=O) groups is 1. The number of likely N-dealkylation sites (tertiary alicyclic amines) is 1. The Balaban J connectivity index is 1.55. The van der Waals surface area contributed by atoms with E-state index >= 15 is 0 Å². The molecule has 0 aromatic heterocycles. The van der Waals surface area contributed by atoms with E-state index in [-0.39, 0.29) is 17.3 Å². The minimum Gasteiger partial charge on any atom is -0.383 e. The molecule has 36 heavy (non-hydrogen) atoms. The highest BCUT2D eigenvalue weighted by Crippen LogP contribution is 2.29. The van der Waals surface area contributed by atoms with Gasteiger partial charge in [-0.2, -0.15) is 10.7 Å². The summed E-state index contributed by atoms with van der Waals surface area (Å²) in [6, 6.07) is 14.1. The third kappa shape index (κ3) is 5.47. The number of anilines is 1. The number of hydrazine groups is 1. The lowest BCUT2D eigenvalue weighted by Gasteiger charge is -2.25. The summed E-state index contributed by atoms with van der Waals surface area (Å²) in [5.74, 6) is -1.89. The average Bonchev–Trinajstić information content (AvgIpc) is 3.45. The maximum Gasteiger partial charge on any atom is 0.320 e. The third-order valence-electron chi connectivity index (χ3n) is 6.29. The number of nitrogens with one attached hydrogen (secondary N) is 3. The number of hydrogen-bond donors (Lipinski definition) is 3. The number of nitrogens with zero attached hydrogens (tertiary/aromatic N) is 3. The van der Waals surface area contributed by atoms with E-state index in [1.54, 1.807) is 12.1 Å². The molecule has 1 fully saturated rings. The molecule has 2 heterocycles. The van der Waals surface area contributed by atoms with Crippen molar-refractivity contribution >= 4 is 11.7 Å². The molecule has 1 unspecified atom stereocenters. The van der Waals surface area contributed by atoms with Gasteiger partial charge in [0.1, 0.15) is 17.5 Å². The van der Waals surface area contributed by atoms with Crippen molar-refractivity contribution in [2.75, 3.05) is 45.5 Å². The van der Waals surface area contributed by atoms with Gasteiger partial charge in [0.05, 0.1) is 18.3 Å². The molecule has 2 aliphatic heterocycles. The maximum atomic E-state index is 14.0. The monoisotopic (exact) mass is 498 g/mol. The van der Waals surface area contributed by atoms with Crippen LogP contribution in [0.3, 0.4) is 0 Å². The lowest BCUT2D eigenvalue weighted by molar-refractivity contribution is 0.115. The molecular weight excluding hydrogens is 470 g/mol. The maximum absolute atomic E-state index is 14.0. The van der Waals surface area contributed by atoms with Gasteiger partial charge in [0.2, 0.25) is 0 Å². The molecule has 190 valence electrons. The fourth-order valence-electron chi connectivity index (χ4n) is 4.50. The third-order valence-corrected chi connectivity index (χ3v) is 6.29. The van der Waals surface area contributed by atoms with Crippen LogP contribution in [0.2, 0.25) is 0 Å². The topological polar surface area (TPSA) is 102 Å². The van der Waals surface area contributed by atoms with Gasteiger partial charge in [0.25, 0.3) is 0 Å². The van der Waals surface area contributed by atoms with Crippen LogP contribution < -0.4 is 21.1 Å². The van der Waals surface area contributed by atoms with Gasteiger partial charge >= 0.3 is 6.03 Å². The van der Waals surface area contributed by atoms with Gasteiger partial charge in [0, 0.05) is 39.8 Å². The highest BCUT2D eigenvalue weighted by Gasteiger charge is 2.37. The van der Waals surface area contributed by atoms with Crippen molar-refractivity contribution < 1.29 is 23.0 Å². The van der Waals surface area contributed by atoms with Gasteiger partial charge in [0.15, 0.2) is 17.9 Å². The lowest BCUT2D eigenvalue weighted by atomic mass is 9.94. The summed E-state index contributed by atoms with van der Waals surface area (Å²) in [6.45, 7) is 2.15. The van der Waals surface area contributed by atoms with E-state index in [2.05, 4.69) is 27.0 Å². The van der Waals surface area contributed by atoms with E-state index in [1.807, 2.05) is 30.3 Å². The fourth-order valence-corrected chi connectivity index (χ4v) is 4.50. The van der Waals surface area contributed by atoms with Gasteiger partial charge in [-0.05, 0) is 29.8 Å².